The summed E-state index contributed by atoms with van der Waals surface area (Å²) in [6.07, 6.45) is 1.62. The molecule has 0 aromatic carbocycles. The monoisotopic (exact) mass is 254 g/mol. The van der Waals surface area contributed by atoms with Gasteiger partial charge in [0.15, 0.2) is 5.65 Å². The lowest BCUT2D eigenvalue weighted by atomic mass is 10.4. The van der Waals surface area contributed by atoms with Crippen LogP contribution in [0.1, 0.15) is 6.92 Å². The fraction of sp³-hybridized carbons (Fsp3) is 0.333. The van der Waals surface area contributed by atoms with Gasteiger partial charge in [0.25, 0.3) is 0 Å². The molecule has 0 spiro atoms. The summed E-state index contributed by atoms with van der Waals surface area (Å²) in [6.45, 7) is 2.53. The molecule has 2 aromatic rings. The molecule has 1 amide bonds. The number of anilines is 1. The normalized spacial score (nSPS) is 10.5. The molecule has 8 heteroatoms. The van der Waals surface area contributed by atoms with Crippen molar-refractivity contribution in [1.29, 1.82) is 0 Å². The van der Waals surface area contributed by atoms with Gasteiger partial charge in [0.05, 0.1) is 11.6 Å². The fourth-order valence-corrected chi connectivity index (χ4v) is 1.53. The number of halogens is 1. The molecule has 2 heterocycles. The molecule has 90 valence electrons. The average molecular weight is 255 g/mol. The highest BCUT2D eigenvalue weighted by Crippen LogP contribution is 2.19. The zero-order valence-corrected chi connectivity index (χ0v) is 9.88. The van der Waals surface area contributed by atoms with Crippen LogP contribution in [0.15, 0.2) is 6.20 Å². The van der Waals surface area contributed by atoms with Gasteiger partial charge in [-0.3, -0.25) is 9.89 Å². The van der Waals surface area contributed by atoms with E-state index in [1.165, 1.54) is 6.92 Å². The summed E-state index contributed by atoms with van der Waals surface area (Å²) in [5.74, 6) is 0.528. The molecule has 2 aromatic heterocycles. The third-order valence-corrected chi connectivity index (χ3v) is 2.24. The van der Waals surface area contributed by atoms with Crippen LogP contribution in [-0.2, 0) is 4.79 Å². The molecule has 0 fully saturated rings. The summed E-state index contributed by atoms with van der Waals surface area (Å²) in [5.41, 5.74) is 0.576. The Morgan fingerprint density at radius 2 is 2.29 bits per heavy atom. The van der Waals surface area contributed by atoms with Crippen molar-refractivity contribution in [2.24, 2.45) is 0 Å². The molecule has 2 rings (SSSR count). The number of carbonyl (C=O) groups excluding carboxylic acids is 1. The summed E-state index contributed by atoms with van der Waals surface area (Å²) in [7, 11) is 0. The number of H-pyrrole nitrogens is 1. The molecule has 0 saturated heterocycles. The van der Waals surface area contributed by atoms with Gasteiger partial charge in [-0.1, -0.05) is 0 Å². The number of aromatic amines is 1. The Balaban J connectivity index is 2.07. The lowest BCUT2D eigenvalue weighted by Gasteiger charge is -2.06. The number of rotatable bonds is 4. The second-order valence-corrected chi connectivity index (χ2v) is 3.72. The minimum Gasteiger partial charge on any atom is -0.368 e. The maximum absolute atomic E-state index is 10.7. The van der Waals surface area contributed by atoms with Crippen molar-refractivity contribution in [3.05, 3.63) is 11.5 Å². The quantitative estimate of drug-likeness (QED) is 0.547. The molecule has 0 unspecified atom stereocenters. The molecule has 3 N–H and O–H groups in total. The average Bonchev–Trinajstić information content (AvgIpc) is 2.71. The highest BCUT2D eigenvalue weighted by atomic mass is 35.5. The van der Waals surface area contributed by atoms with Crippen LogP contribution >= 0.6 is 11.6 Å². The smallest absolute Gasteiger partial charge is 0.226 e. The van der Waals surface area contributed by atoms with E-state index in [9.17, 15) is 4.79 Å². The first-order valence-corrected chi connectivity index (χ1v) is 5.39. The van der Waals surface area contributed by atoms with Crippen molar-refractivity contribution in [1.82, 2.24) is 25.5 Å². The van der Waals surface area contributed by atoms with Gasteiger partial charge < -0.3 is 10.6 Å². The number of nitrogens with zero attached hydrogens (tertiary/aromatic N) is 3. The Kier molecular flexibility index (Phi) is 3.38. The van der Waals surface area contributed by atoms with E-state index in [2.05, 4.69) is 30.8 Å². The third kappa shape index (κ3) is 2.82. The van der Waals surface area contributed by atoms with Gasteiger partial charge in [0, 0.05) is 20.0 Å². The number of hydrogen-bond donors (Lipinski definition) is 3. The molecule has 0 aliphatic heterocycles. The van der Waals surface area contributed by atoms with E-state index in [1.807, 2.05) is 0 Å². The first kappa shape index (κ1) is 11.6. The van der Waals surface area contributed by atoms with Crippen LogP contribution in [0.2, 0.25) is 5.28 Å². The van der Waals surface area contributed by atoms with E-state index < -0.39 is 0 Å². The van der Waals surface area contributed by atoms with Gasteiger partial charge in [-0.05, 0) is 11.6 Å². The molecule has 0 aliphatic rings. The molecule has 7 nitrogen and oxygen atoms in total. The first-order valence-electron chi connectivity index (χ1n) is 5.02. The summed E-state index contributed by atoms with van der Waals surface area (Å²) in [4.78, 5) is 18.7. The Morgan fingerprint density at radius 3 is 3.06 bits per heavy atom. The van der Waals surface area contributed by atoms with E-state index >= 15 is 0 Å². The Morgan fingerprint density at radius 1 is 1.47 bits per heavy atom. The van der Waals surface area contributed by atoms with Gasteiger partial charge in [-0.15, -0.1) is 0 Å². The van der Waals surface area contributed by atoms with Crippen molar-refractivity contribution < 1.29 is 4.79 Å². The number of nitrogens with one attached hydrogen (secondary N) is 3. The highest BCUT2D eigenvalue weighted by molar-refractivity contribution is 6.28. The van der Waals surface area contributed by atoms with Crippen LogP contribution in [0, 0.1) is 0 Å². The maximum Gasteiger partial charge on any atom is 0.226 e. The van der Waals surface area contributed by atoms with Crippen LogP contribution in [0.4, 0.5) is 5.82 Å². The van der Waals surface area contributed by atoms with E-state index in [0.717, 1.165) is 5.39 Å². The Labute approximate surface area is 102 Å². The van der Waals surface area contributed by atoms with Gasteiger partial charge >= 0.3 is 0 Å². The first-order chi connectivity index (χ1) is 8.16. The summed E-state index contributed by atoms with van der Waals surface area (Å²) in [6, 6.07) is 0. The maximum atomic E-state index is 10.7. The van der Waals surface area contributed by atoms with Gasteiger partial charge in [-0.25, -0.2) is 0 Å². The van der Waals surface area contributed by atoms with Crippen molar-refractivity contribution in [2.45, 2.75) is 6.92 Å². The largest absolute Gasteiger partial charge is 0.368 e. The van der Waals surface area contributed by atoms with Crippen LogP contribution in [0.3, 0.4) is 0 Å². The molecule has 0 aliphatic carbocycles. The van der Waals surface area contributed by atoms with E-state index in [-0.39, 0.29) is 11.2 Å². The molecule has 0 bridgehead atoms. The van der Waals surface area contributed by atoms with Gasteiger partial charge in [0.2, 0.25) is 11.2 Å². The zero-order chi connectivity index (χ0) is 12.3. The minimum absolute atomic E-state index is 0.0685. The summed E-state index contributed by atoms with van der Waals surface area (Å²) >= 11 is 5.76. The minimum atomic E-state index is -0.0685. The summed E-state index contributed by atoms with van der Waals surface area (Å²) in [5, 5.41) is 13.2. The summed E-state index contributed by atoms with van der Waals surface area (Å²) < 4.78 is 0. The second kappa shape index (κ2) is 4.96. The number of aromatic nitrogens is 4. The van der Waals surface area contributed by atoms with E-state index in [0.29, 0.717) is 24.6 Å². The van der Waals surface area contributed by atoms with E-state index in [4.69, 9.17) is 11.6 Å². The van der Waals surface area contributed by atoms with Gasteiger partial charge in [0.1, 0.15) is 5.82 Å². The van der Waals surface area contributed by atoms with Crippen LogP contribution in [-0.4, -0.2) is 39.2 Å². The SMILES string of the molecule is CC(=O)NCCNc1nc(Cl)nc2[nH]ncc12. The van der Waals surface area contributed by atoms with Crippen LogP contribution in [0.25, 0.3) is 11.0 Å². The number of amides is 1. The van der Waals surface area contributed by atoms with E-state index in [1.54, 1.807) is 6.20 Å². The van der Waals surface area contributed by atoms with Crippen molar-refractivity contribution >= 4 is 34.4 Å². The highest BCUT2D eigenvalue weighted by Gasteiger charge is 2.07. The molecule has 0 atom stereocenters. The zero-order valence-electron chi connectivity index (χ0n) is 9.12. The lowest BCUT2D eigenvalue weighted by Crippen LogP contribution is -2.26. The lowest BCUT2D eigenvalue weighted by molar-refractivity contribution is -0.118. The standard InChI is InChI=1S/C9H11ClN6O/c1-5(17)11-2-3-12-7-6-4-13-16-8(6)15-9(10)14-7/h4H,2-3H2,1H3,(H,11,17)(H2,12,13,14,15,16). The van der Waals surface area contributed by atoms with Crippen LogP contribution < -0.4 is 10.6 Å². The van der Waals surface area contributed by atoms with Crippen molar-refractivity contribution in [2.75, 3.05) is 18.4 Å². The number of fused-ring (bicyclic) bond motifs is 1. The fourth-order valence-electron chi connectivity index (χ4n) is 1.36. The van der Waals surface area contributed by atoms with Crippen molar-refractivity contribution in [3.8, 4) is 0 Å². The predicted molar refractivity (Wildman–Crippen MR) is 63.9 cm³/mol. The number of carbonyl (C=O) groups is 1. The second-order valence-electron chi connectivity index (χ2n) is 3.38. The molecule has 0 saturated carbocycles. The number of hydrogen-bond acceptors (Lipinski definition) is 5. The molecule has 17 heavy (non-hydrogen) atoms. The topological polar surface area (TPSA) is 95.6 Å². The molecule has 0 radical (unpaired) electrons. The Bertz CT molecular complexity index is 539. The van der Waals surface area contributed by atoms with Crippen LogP contribution in [0.5, 0.6) is 0 Å². The Hall–Kier alpha value is -1.89. The third-order valence-electron chi connectivity index (χ3n) is 2.07. The predicted octanol–water partition coefficient (Wildman–Crippen LogP) is 0.554. The molecular formula is C9H11ClN6O. The van der Waals surface area contributed by atoms with Crippen molar-refractivity contribution in [3.63, 3.8) is 0 Å². The van der Waals surface area contributed by atoms with Gasteiger partial charge in [-0.2, -0.15) is 15.1 Å². The molecular weight excluding hydrogens is 244 g/mol.